The zero-order valence-corrected chi connectivity index (χ0v) is 16.1. The summed E-state index contributed by atoms with van der Waals surface area (Å²) in [5.74, 6) is 0.535. The molecule has 28 heavy (non-hydrogen) atoms. The molecule has 0 bridgehead atoms. The van der Waals surface area contributed by atoms with Crippen LogP contribution in [0.3, 0.4) is 0 Å². The van der Waals surface area contributed by atoms with E-state index in [9.17, 15) is 4.79 Å². The molecule has 0 unspecified atom stereocenters. The molecule has 0 atom stereocenters. The molecule has 2 aromatic heterocycles. The first kappa shape index (κ1) is 17.3. The van der Waals surface area contributed by atoms with E-state index in [1.54, 1.807) is 4.57 Å². The van der Waals surface area contributed by atoms with Crippen LogP contribution in [0.1, 0.15) is 0 Å². The number of hydrogen-bond donors (Lipinski definition) is 1. The fraction of sp³-hybridized carbons (Fsp3) is 0.250. The highest BCUT2D eigenvalue weighted by atomic mass is 32.1. The van der Waals surface area contributed by atoms with E-state index < -0.39 is 0 Å². The molecule has 7 nitrogen and oxygen atoms in total. The maximum absolute atomic E-state index is 13.3. The lowest BCUT2D eigenvalue weighted by Gasteiger charge is -2.23. The summed E-state index contributed by atoms with van der Waals surface area (Å²) in [6.45, 7) is 3.98. The van der Waals surface area contributed by atoms with E-state index in [1.165, 1.54) is 4.90 Å². The van der Waals surface area contributed by atoms with E-state index in [-0.39, 0.29) is 5.56 Å². The fourth-order valence-electron chi connectivity index (χ4n) is 3.76. The average Bonchev–Trinajstić information content (AvgIpc) is 3.06. The molecule has 0 radical (unpaired) electrons. The summed E-state index contributed by atoms with van der Waals surface area (Å²) in [6, 6.07) is 17.1. The number of nitrogens with zero attached hydrogens (tertiary/aromatic N) is 4. The first-order chi connectivity index (χ1) is 13.7. The Morgan fingerprint density at radius 1 is 1.04 bits per heavy atom. The summed E-state index contributed by atoms with van der Waals surface area (Å²) in [4.78, 5) is 14.7. The molecular formula is C20H20N5O2S+. The van der Waals surface area contributed by atoms with E-state index in [1.807, 2.05) is 63.7 Å². The molecule has 0 saturated carbocycles. The summed E-state index contributed by atoms with van der Waals surface area (Å²) < 4.78 is 11.4. The number of hydrogen-bond acceptors (Lipinski definition) is 4. The summed E-state index contributed by atoms with van der Waals surface area (Å²) in [6.07, 6.45) is 0. The van der Waals surface area contributed by atoms with Crippen LogP contribution in [0, 0.1) is 4.77 Å². The number of fused-ring (bicyclic) bond motifs is 3. The monoisotopic (exact) mass is 394 g/mol. The van der Waals surface area contributed by atoms with Crippen LogP contribution in [-0.4, -0.2) is 45.1 Å². The topological polar surface area (TPSA) is 57.9 Å². The van der Waals surface area contributed by atoms with Gasteiger partial charge in [0.2, 0.25) is 10.5 Å². The van der Waals surface area contributed by atoms with Crippen molar-refractivity contribution in [1.82, 2.24) is 18.7 Å². The Kier molecular flexibility index (Phi) is 4.31. The van der Waals surface area contributed by atoms with Gasteiger partial charge in [-0.05, 0) is 36.5 Å². The zero-order chi connectivity index (χ0) is 19.1. The lowest BCUT2D eigenvalue weighted by atomic mass is 10.2. The molecule has 142 valence electrons. The Labute approximate surface area is 166 Å². The predicted octanol–water partition coefficient (Wildman–Crippen LogP) is 1.04. The lowest BCUT2D eigenvalue weighted by molar-refractivity contribution is -0.930. The van der Waals surface area contributed by atoms with Gasteiger partial charge in [-0.2, -0.15) is 4.68 Å². The van der Waals surface area contributed by atoms with Crippen molar-refractivity contribution in [3.63, 3.8) is 0 Å². The molecule has 1 N–H and O–H groups in total. The van der Waals surface area contributed by atoms with Crippen molar-refractivity contribution in [2.45, 2.75) is 6.67 Å². The zero-order valence-electron chi connectivity index (χ0n) is 15.2. The van der Waals surface area contributed by atoms with Gasteiger partial charge in [-0.3, -0.25) is 9.20 Å². The number of morpholine rings is 1. The summed E-state index contributed by atoms with van der Waals surface area (Å²) in [7, 11) is 0. The maximum Gasteiger partial charge on any atom is 0.267 e. The Morgan fingerprint density at radius 2 is 1.75 bits per heavy atom. The summed E-state index contributed by atoms with van der Waals surface area (Å²) in [5.41, 5.74) is 1.46. The molecule has 1 aliphatic heterocycles. The Balaban J connectivity index is 1.80. The molecule has 1 fully saturated rings. The maximum atomic E-state index is 13.3. The number of nitrogens with one attached hydrogen (secondary N) is 1. The van der Waals surface area contributed by atoms with Crippen molar-refractivity contribution in [2.75, 3.05) is 26.3 Å². The highest BCUT2D eigenvalue weighted by molar-refractivity contribution is 7.71. The molecule has 3 heterocycles. The quantitative estimate of drug-likeness (QED) is 0.528. The molecule has 8 heteroatoms. The van der Waals surface area contributed by atoms with Crippen LogP contribution >= 0.6 is 12.2 Å². The van der Waals surface area contributed by atoms with Crippen molar-refractivity contribution in [3.8, 4) is 5.69 Å². The van der Waals surface area contributed by atoms with Crippen LogP contribution < -0.4 is 10.5 Å². The SMILES string of the molecule is O=c1c2ccccc2n2c(=S)n(C[NH+]3CCOCC3)nc2n1-c1ccccc1. The minimum Gasteiger partial charge on any atom is -0.370 e. The second kappa shape index (κ2) is 6.97. The van der Waals surface area contributed by atoms with Crippen LogP contribution in [0.2, 0.25) is 0 Å². The van der Waals surface area contributed by atoms with E-state index in [0.29, 0.717) is 22.6 Å². The predicted molar refractivity (Wildman–Crippen MR) is 109 cm³/mol. The summed E-state index contributed by atoms with van der Waals surface area (Å²) >= 11 is 5.78. The van der Waals surface area contributed by atoms with Crippen molar-refractivity contribution in [1.29, 1.82) is 0 Å². The van der Waals surface area contributed by atoms with Crippen LogP contribution in [0.15, 0.2) is 59.4 Å². The Morgan fingerprint density at radius 3 is 2.54 bits per heavy atom. The summed E-state index contributed by atoms with van der Waals surface area (Å²) in [5, 5.41) is 5.39. The van der Waals surface area contributed by atoms with Crippen molar-refractivity contribution in [2.24, 2.45) is 0 Å². The van der Waals surface area contributed by atoms with Gasteiger partial charge in [-0.15, -0.1) is 5.10 Å². The van der Waals surface area contributed by atoms with Crippen molar-refractivity contribution in [3.05, 3.63) is 69.7 Å². The normalized spacial score (nSPS) is 15.4. The molecule has 0 spiro atoms. The number of para-hydroxylation sites is 2. The van der Waals surface area contributed by atoms with Gasteiger partial charge in [0, 0.05) is 0 Å². The second-order valence-electron chi connectivity index (χ2n) is 6.93. The largest absolute Gasteiger partial charge is 0.370 e. The van der Waals surface area contributed by atoms with Crippen molar-refractivity contribution < 1.29 is 9.64 Å². The number of benzene rings is 2. The van der Waals surface area contributed by atoms with Gasteiger partial charge in [-0.1, -0.05) is 30.3 Å². The third-order valence-corrected chi connectivity index (χ3v) is 5.58. The first-order valence-corrected chi connectivity index (χ1v) is 9.75. The van der Waals surface area contributed by atoms with Crippen LogP contribution in [0.25, 0.3) is 22.4 Å². The third kappa shape index (κ3) is 2.77. The van der Waals surface area contributed by atoms with Crippen LogP contribution in [-0.2, 0) is 11.4 Å². The van der Waals surface area contributed by atoms with Gasteiger partial charge in [0.15, 0.2) is 6.67 Å². The third-order valence-electron chi connectivity index (χ3n) is 5.19. The van der Waals surface area contributed by atoms with Gasteiger partial charge in [-0.25, -0.2) is 4.57 Å². The molecular weight excluding hydrogens is 374 g/mol. The highest BCUT2D eigenvalue weighted by Crippen LogP contribution is 2.17. The minimum atomic E-state index is -0.0971. The molecule has 1 saturated heterocycles. The molecule has 1 aliphatic rings. The molecule has 4 aromatic rings. The number of rotatable bonds is 3. The second-order valence-corrected chi connectivity index (χ2v) is 7.30. The van der Waals surface area contributed by atoms with E-state index in [2.05, 4.69) is 0 Å². The first-order valence-electron chi connectivity index (χ1n) is 9.34. The van der Waals surface area contributed by atoms with E-state index in [0.717, 1.165) is 37.5 Å². The van der Waals surface area contributed by atoms with Gasteiger partial charge >= 0.3 is 0 Å². The molecule has 2 aromatic carbocycles. The molecule has 0 aliphatic carbocycles. The number of ether oxygens (including phenoxy) is 1. The Bertz CT molecular complexity index is 1270. The van der Waals surface area contributed by atoms with Gasteiger partial charge < -0.3 is 9.64 Å². The van der Waals surface area contributed by atoms with Crippen LogP contribution in [0.5, 0.6) is 0 Å². The smallest absolute Gasteiger partial charge is 0.267 e. The fourth-order valence-corrected chi connectivity index (χ4v) is 4.04. The Hall–Kier alpha value is -2.81. The van der Waals surface area contributed by atoms with Gasteiger partial charge in [0.25, 0.3) is 5.56 Å². The molecule has 5 rings (SSSR count). The number of quaternary nitrogens is 1. The van der Waals surface area contributed by atoms with Gasteiger partial charge in [0.05, 0.1) is 29.8 Å². The lowest BCUT2D eigenvalue weighted by Crippen LogP contribution is -3.13. The standard InChI is InChI=1S/C20H19N5O2S/c26-18-16-8-4-5-9-17(16)25-19(24(18)15-6-2-1-3-7-15)21-23(20(25)28)14-22-10-12-27-13-11-22/h1-9H,10-14H2/p+1. The molecule has 0 amide bonds. The van der Waals surface area contributed by atoms with Crippen LogP contribution in [0.4, 0.5) is 0 Å². The average molecular weight is 394 g/mol. The van der Waals surface area contributed by atoms with E-state index in [4.69, 9.17) is 22.1 Å². The minimum absolute atomic E-state index is 0.0971. The van der Waals surface area contributed by atoms with Crippen molar-refractivity contribution >= 4 is 28.9 Å². The number of aromatic nitrogens is 4. The van der Waals surface area contributed by atoms with Gasteiger partial charge in [0.1, 0.15) is 13.1 Å². The van der Waals surface area contributed by atoms with E-state index >= 15 is 0 Å². The highest BCUT2D eigenvalue weighted by Gasteiger charge is 2.20.